The van der Waals surface area contributed by atoms with Crippen molar-refractivity contribution in [2.45, 2.75) is 18.9 Å². The highest BCUT2D eigenvalue weighted by molar-refractivity contribution is 6.33. The van der Waals surface area contributed by atoms with Gasteiger partial charge in [-0.1, -0.05) is 11.6 Å². The van der Waals surface area contributed by atoms with Gasteiger partial charge >= 0.3 is 0 Å². The fourth-order valence-corrected chi connectivity index (χ4v) is 2.65. The molecule has 1 unspecified atom stereocenters. The van der Waals surface area contributed by atoms with Gasteiger partial charge in [-0.25, -0.2) is 4.98 Å². The van der Waals surface area contributed by atoms with Gasteiger partial charge in [0, 0.05) is 32.4 Å². The molecule has 1 aromatic rings. The maximum atomic E-state index is 12.6. The van der Waals surface area contributed by atoms with Crippen molar-refractivity contribution in [3.63, 3.8) is 0 Å². The summed E-state index contributed by atoms with van der Waals surface area (Å²) in [6, 6.07) is 2.13. The molecule has 1 saturated heterocycles. The smallest absolute Gasteiger partial charge is 0.255 e. The number of likely N-dealkylation sites (tertiary alicyclic amines) is 1. The summed E-state index contributed by atoms with van der Waals surface area (Å²) in [5.41, 5.74) is 0.519. The van der Waals surface area contributed by atoms with E-state index in [1.54, 1.807) is 13.1 Å². The van der Waals surface area contributed by atoms with Crippen molar-refractivity contribution < 1.29 is 4.79 Å². The molecule has 20 heavy (non-hydrogen) atoms. The summed E-state index contributed by atoms with van der Waals surface area (Å²) in [4.78, 5) is 20.8. The maximum Gasteiger partial charge on any atom is 0.255 e. The van der Waals surface area contributed by atoms with Gasteiger partial charge in [0.25, 0.3) is 5.91 Å². The fraction of sp³-hybridized carbons (Fsp3) is 0.571. The lowest BCUT2D eigenvalue weighted by molar-refractivity contribution is 0.0635. The quantitative estimate of drug-likeness (QED) is 0.926. The zero-order chi connectivity index (χ0) is 14.7. The molecule has 5 nitrogen and oxygen atoms in total. The van der Waals surface area contributed by atoms with Crippen molar-refractivity contribution >= 4 is 23.3 Å². The Morgan fingerprint density at radius 2 is 2.30 bits per heavy atom. The normalized spacial score (nSPS) is 19.2. The van der Waals surface area contributed by atoms with Crippen LogP contribution in [0.1, 0.15) is 23.2 Å². The van der Waals surface area contributed by atoms with E-state index in [0.717, 1.165) is 25.9 Å². The van der Waals surface area contributed by atoms with E-state index in [0.29, 0.717) is 22.4 Å². The first-order chi connectivity index (χ1) is 9.52. The standard InChI is InChI=1S/C14H21ClN4O/c1-16-13-7-11(12(15)8-17-13)14(20)19-6-4-5-10(9-19)18(2)3/h7-8,10H,4-6,9H2,1-3H3,(H,16,17). The van der Waals surface area contributed by atoms with Gasteiger partial charge in [-0.15, -0.1) is 0 Å². The molecule has 2 heterocycles. The van der Waals surface area contributed by atoms with Crippen LogP contribution in [-0.2, 0) is 0 Å². The first kappa shape index (κ1) is 15.1. The van der Waals surface area contributed by atoms with Crippen LogP contribution in [0.2, 0.25) is 5.02 Å². The van der Waals surface area contributed by atoms with Gasteiger partial charge in [-0.3, -0.25) is 4.79 Å². The molecular weight excluding hydrogens is 276 g/mol. The highest BCUT2D eigenvalue weighted by Crippen LogP contribution is 2.22. The molecule has 2 rings (SSSR count). The number of amides is 1. The lowest BCUT2D eigenvalue weighted by atomic mass is 10.0. The number of nitrogens with one attached hydrogen (secondary N) is 1. The Hall–Kier alpha value is -1.33. The highest BCUT2D eigenvalue weighted by Gasteiger charge is 2.26. The van der Waals surface area contributed by atoms with Crippen molar-refractivity contribution in [1.29, 1.82) is 0 Å². The van der Waals surface area contributed by atoms with E-state index < -0.39 is 0 Å². The molecule has 0 aliphatic carbocycles. The fourth-order valence-electron chi connectivity index (χ4n) is 2.47. The third-order valence-electron chi connectivity index (χ3n) is 3.76. The number of pyridine rings is 1. The lowest BCUT2D eigenvalue weighted by Crippen LogP contribution is -2.47. The Kier molecular flexibility index (Phi) is 4.83. The number of halogens is 1. The molecule has 6 heteroatoms. The second kappa shape index (κ2) is 6.41. The third-order valence-corrected chi connectivity index (χ3v) is 4.06. The van der Waals surface area contributed by atoms with Crippen molar-refractivity contribution in [2.24, 2.45) is 0 Å². The van der Waals surface area contributed by atoms with Crippen molar-refractivity contribution in [3.8, 4) is 0 Å². The second-order valence-corrected chi connectivity index (χ2v) is 5.72. The Morgan fingerprint density at radius 3 is 2.95 bits per heavy atom. The van der Waals surface area contributed by atoms with Crippen LogP contribution in [0.3, 0.4) is 0 Å². The van der Waals surface area contributed by atoms with E-state index in [1.165, 1.54) is 6.20 Å². The Morgan fingerprint density at radius 1 is 1.55 bits per heavy atom. The molecule has 1 fully saturated rings. The first-order valence-corrected chi connectivity index (χ1v) is 7.19. The Bertz CT molecular complexity index is 492. The number of piperidine rings is 1. The molecule has 0 aromatic carbocycles. The minimum atomic E-state index is -0.0135. The SMILES string of the molecule is CNc1cc(C(=O)N2CCCC(N(C)C)C2)c(Cl)cn1. The number of carbonyl (C=O) groups is 1. The molecule has 1 atom stereocenters. The van der Waals surface area contributed by atoms with Gasteiger partial charge in [0.15, 0.2) is 0 Å². The predicted molar refractivity (Wildman–Crippen MR) is 81.4 cm³/mol. The summed E-state index contributed by atoms with van der Waals surface area (Å²) in [5.74, 6) is 0.638. The largest absolute Gasteiger partial charge is 0.373 e. The van der Waals surface area contributed by atoms with Gasteiger partial charge in [0.1, 0.15) is 5.82 Å². The zero-order valence-electron chi connectivity index (χ0n) is 12.2. The molecule has 0 saturated carbocycles. The molecule has 110 valence electrons. The number of aromatic nitrogens is 1. The number of hydrogen-bond acceptors (Lipinski definition) is 4. The number of anilines is 1. The van der Waals surface area contributed by atoms with Crippen LogP contribution >= 0.6 is 11.6 Å². The van der Waals surface area contributed by atoms with E-state index in [9.17, 15) is 4.79 Å². The Labute approximate surface area is 124 Å². The zero-order valence-corrected chi connectivity index (χ0v) is 12.9. The van der Waals surface area contributed by atoms with Gasteiger partial charge in [-0.2, -0.15) is 0 Å². The summed E-state index contributed by atoms with van der Waals surface area (Å²) in [6.45, 7) is 1.54. The number of carbonyl (C=O) groups excluding carboxylic acids is 1. The van der Waals surface area contributed by atoms with Crippen LogP contribution in [-0.4, -0.2) is 61.0 Å². The van der Waals surface area contributed by atoms with E-state index in [1.807, 2.05) is 4.90 Å². The van der Waals surface area contributed by atoms with Crippen molar-refractivity contribution in [3.05, 3.63) is 22.8 Å². The summed E-state index contributed by atoms with van der Waals surface area (Å²) in [7, 11) is 5.88. The molecule has 0 radical (unpaired) electrons. The van der Waals surface area contributed by atoms with Gasteiger partial charge in [-0.05, 0) is 33.0 Å². The van der Waals surface area contributed by atoms with Crippen molar-refractivity contribution in [2.75, 3.05) is 39.5 Å². The van der Waals surface area contributed by atoms with Crippen molar-refractivity contribution in [1.82, 2.24) is 14.8 Å². The van der Waals surface area contributed by atoms with Crippen LogP contribution in [0.15, 0.2) is 12.3 Å². The average molecular weight is 297 g/mol. The van der Waals surface area contributed by atoms with Crippen LogP contribution in [0, 0.1) is 0 Å². The molecule has 1 aromatic heterocycles. The topological polar surface area (TPSA) is 48.5 Å². The summed E-state index contributed by atoms with van der Waals surface area (Å²) in [6.07, 6.45) is 3.67. The number of hydrogen-bond donors (Lipinski definition) is 1. The minimum Gasteiger partial charge on any atom is -0.373 e. The predicted octanol–water partition coefficient (Wildman–Crippen LogP) is 1.94. The molecule has 1 amide bonds. The van der Waals surface area contributed by atoms with Gasteiger partial charge < -0.3 is 15.1 Å². The maximum absolute atomic E-state index is 12.6. The van der Waals surface area contributed by atoms with E-state index >= 15 is 0 Å². The lowest BCUT2D eigenvalue weighted by Gasteiger charge is -2.36. The van der Waals surface area contributed by atoms with E-state index in [-0.39, 0.29) is 5.91 Å². The summed E-state index contributed by atoms with van der Waals surface area (Å²) < 4.78 is 0. The Balaban J connectivity index is 2.18. The van der Waals surface area contributed by atoms with Gasteiger partial charge in [0.05, 0.1) is 10.6 Å². The van der Waals surface area contributed by atoms with E-state index in [2.05, 4.69) is 29.3 Å². The average Bonchev–Trinajstić information content (AvgIpc) is 2.47. The molecule has 0 spiro atoms. The monoisotopic (exact) mass is 296 g/mol. The van der Waals surface area contributed by atoms with Crippen LogP contribution in [0.4, 0.5) is 5.82 Å². The summed E-state index contributed by atoms with van der Waals surface area (Å²) in [5, 5.41) is 3.33. The first-order valence-electron chi connectivity index (χ1n) is 6.82. The van der Waals surface area contributed by atoms with Crippen LogP contribution < -0.4 is 5.32 Å². The molecule has 1 N–H and O–H groups in total. The third kappa shape index (κ3) is 3.22. The van der Waals surface area contributed by atoms with E-state index in [4.69, 9.17) is 11.6 Å². The molecule has 1 aliphatic heterocycles. The summed E-state index contributed by atoms with van der Waals surface area (Å²) >= 11 is 6.12. The molecule has 1 aliphatic rings. The van der Waals surface area contributed by atoms with Crippen LogP contribution in [0.25, 0.3) is 0 Å². The molecular formula is C14H21ClN4O. The number of nitrogens with zero attached hydrogens (tertiary/aromatic N) is 3. The number of rotatable bonds is 3. The number of likely N-dealkylation sites (N-methyl/N-ethyl adjacent to an activating group) is 1. The highest BCUT2D eigenvalue weighted by atomic mass is 35.5. The minimum absolute atomic E-state index is 0.0135. The van der Waals surface area contributed by atoms with Gasteiger partial charge in [0.2, 0.25) is 0 Å². The second-order valence-electron chi connectivity index (χ2n) is 5.31. The van der Waals surface area contributed by atoms with Crippen LogP contribution in [0.5, 0.6) is 0 Å². The molecule has 0 bridgehead atoms.